The number of aryl methyl sites for hydroxylation is 2. The maximum absolute atomic E-state index is 9.78. The second-order valence-corrected chi connectivity index (χ2v) is 5.62. The first-order valence-electron chi connectivity index (χ1n) is 7.25. The smallest absolute Gasteiger partial charge is 0.121 e. The highest BCUT2D eigenvalue weighted by Gasteiger charge is 2.03. The van der Waals surface area contributed by atoms with Crippen molar-refractivity contribution in [3.05, 3.63) is 53.1 Å². The van der Waals surface area contributed by atoms with Crippen LogP contribution in [0.1, 0.15) is 30.5 Å². The summed E-state index contributed by atoms with van der Waals surface area (Å²) < 4.78 is 5.62. The maximum atomic E-state index is 9.78. The number of aromatic hydroxyl groups is 1. The lowest BCUT2D eigenvalue weighted by molar-refractivity contribution is 0.242. The van der Waals surface area contributed by atoms with Gasteiger partial charge < -0.3 is 15.2 Å². The molecule has 0 atom stereocenters. The molecule has 112 valence electrons. The van der Waals surface area contributed by atoms with Gasteiger partial charge in [0.25, 0.3) is 0 Å². The van der Waals surface area contributed by atoms with Gasteiger partial charge in [-0.25, -0.2) is 0 Å². The molecule has 0 amide bonds. The number of ether oxygens (including phenoxy) is 1. The van der Waals surface area contributed by atoms with E-state index in [2.05, 4.69) is 5.32 Å². The van der Waals surface area contributed by atoms with Crippen LogP contribution in [-0.2, 0) is 6.54 Å². The van der Waals surface area contributed by atoms with Crippen molar-refractivity contribution < 1.29 is 9.84 Å². The van der Waals surface area contributed by atoms with Crippen LogP contribution in [0.15, 0.2) is 36.4 Å². The van der Waals surface area contributed by atoms with Gasteiger partial charge >= 0.3 is 0 Å². The molecule has 0 aliphatic heterocycles. The number of hydrogen-bond donors (Lipinski definition) is 2. The molecule has 0 aliphatic carbocycles. The molecule has 0 heterocycles. The van der Waals surface area contributed by atoms with Gasteiger partial charge in [-0.2, -0.15) is 0 Å². The van der Waals surface area contributed by atoms with E-state index in [0.717, 1.165) is 34.7 Å². The first-order valence-corrected chi connectivity index (χ1v) is 7.25. The van der Waals surface area contributed by atoms with Crippen LogP contribution in [0.3, 0.4) is 0 Å². The molecule has 0 unspecified atom stereocenters. The average molecular weight is 285 g/mol. The van der Waals surface area contributed by atoms with Crippen LogP contribution in [0.4, 0.5) is 5.69 Å². The molecular weight excluding hydrogens is 262 g/mol. The highest BCUT2D eigenvalue weighted by Crippen LogP contribution is 2.24. The molecule has 2 rings (SSSR count). The van der Waals surface area contributed by atoms with Crippen molar-refractivity contribution >= 4 is 5.69 Å². The van der Waals surface area contributed by atoms with Gasteiger partial charge in [-0.3, -0.25) is 0 Å². The van der Waals surface area contributed by atoms with Crippen LogP contribution in [0.2, 0.25) is 0 Å². The largest absolute Gasteiger partial charge is 0.507 e. The second kappa shape index (κ2) is 6.53. The number of anilines is 1. The van der Waals surface area contributed by atoms with Crippen LogP contribution in [0.5, 0.6) is 11.5 Å². The number of hydrogen-bond acceptors (Lipinski definition) is 3. The topological polar surface area (TPSA) is 41.5 Å². The predicted octanol–water partition coefficient (Wildman–Crippen LogP) is 4.41. The van der Waals surface area contributed by atoms with E-state index < -0.39 is 0 Å². The average Bonchev–Trinajstić information content (AvgIpc) is 2.43. The second-order valence-electron chi connectivity index (χ2n) is 5.62. The van der Waals surface area contributed by atoms with Crippen molar-refractivity contribution in [2.24, 2.45) is 0 Å². The highest BCUT2D eigenvalue weighted by molar-refractivity contribution is 5.48. The minimum atomic E-state index is 0.187. The molecule has 0 aromatic heterocycles. The molecule has 0 aliphatic rings. The fourth-order valence-electron chi connectivity index (χ4n) is 2.28. The van der Waals surface area contributed by atoms with Gasteiger partial charge in [0.1, 0.15) is 11.5 Å². The lowest BCUT2D eigenvalue weighted by atomic mass is 10.1. The third-order valence-electron chi connectivity index (χ3n) is 3.27. The monoisotopic (exact) mass is 285 g/mol. The summed E-state index contributed by atoms with van der Waals surface area (Å²) >= 11 is 0. The minimum Gasteiger partial charge on any atom is -0.507 e. The van der Waals surface area contributed by atoms with E-state index in [-0.39, 0.29) is 6.10 Å². The normalized spacial score (nSPS) is 10.7. The van der Waals surface area contributed by atoms with Crippen molar-refractivity contribution in [2.75, 3.05) is 5.32 Å². The Morgan fingerprint density at radius 1 is 1.05 bits per heavy atom. The van der Waals surface area contributed by atoms with E-state index in [1.807, 2.05) is 64.1 Å². The van der Waals surface area contributed by atoms with Crippen LogP contribution in [0, 0.1) is 13.8 Å². The van der Waals surface area contributed by atoms with E-state index >= 15 is 0 Å². The van der Waals surface area contributed by atoms with E-state index in [9.17, 15) is 5.11 Å². The summed E-state index contributed by atoms with van der Waals surface area (Å²) in [6.45, 7) is 8.60. The summed E-state index contributed by atoms with van der Waals surface area (Å²) in [5, 5.41) is 13.2. The van der Waals surface area contributed by atoms with Gasteiger partial charge in [0.2, 0.25) is 0 Å². The third-order valence-corrected chi connectivity index (χ3v) is 3.27. The zero-order valence-electron chi connectivity index (χ0n) is 13.1. The van der Waals surface area contributed by atoms with Gasteiger partial charge in [-0.05, 0) is 68.7 Å². The fraction of sp³-hybridized carbons (Fsp3) is 0.333. The Morgan fingerprint density at radius 2 is 1.62 bits per heavy atom. The number of benzene rings is 2. The molecule has 0 saturated carbocycles. The Balaban J connectivity index is 2.00. The van der Waals surface area contributed by atoms with Crippen LogP contribution < -0.4 is 10.1 Å². The zero-order valence-corrected chi connectivity index (χ0v) is 13.1. The van der Waals surface area contributed by atoms with E-state index in [4.69, 9.17) is 4.74 Å². The predicted molar refractivity (Wildman–Crippen MR) is 87.1 cm³/mol. The Hall–Kier alpha value is -2.16. The molecule has 0 bridgehead atoms. The molecule has 3 heteroatoms. The molecule has 21 heavy (non-hydrogen) atoms. The molecule has 2 N–H and O–H groups in total. The summed E-state index contributed by atoms with van der Waals surface area (Å²) in [4.78, 5) is 0. The molecule has 3 nitrogen and oxygen atoms in total. The van der Waals surface area contributed by atoms with E-state index in [1.54, 1.807) is 0 Å². The fourth-order valence-corrected chi connectivity index (χ4v) is 2.28. The van der Waals surface area contributed by atoms with E-state index in [1.165, 1.54) is 0 Å². The van der Waals surface area contributed by atoms with Gasteiger partial charge in [0.05, 0.1) is 6.10 Å². The standard InChI is InChI=1S/C18H23NO2/c1-12(2)21-17-7-5-16(6-8-17)19-11-15-9-13(3)18(20)14(4)10-15/h5-10,12,19-20H,11H2,1-4H3. The van der Waals surface area contributed by atoms with Crippen molar-refractivity contribution in [1.82, 2.24) is 0 Å². The van der Waals surface area contributed by atoms with E-state index in [0.29, 0.717) is 5.75 Å². The highest BCUT2D eigenvalue weighted by atomic mass is 16.5. The molecular formula is C18H23NO2. The summed E-state index contributed by atoms with van der Waals surface area (Å²) in [6, 6.07) is 12.0. The van der Waals surface area contributed by atoms with Crippen molar-refractivity contribution in [2.45, 2.75) is 40.3 Å². The first kappa shape index (κ1) is 15.2. The van der Waals surface area contributed by atoms with Crippen LogP contribution in [0.25, 0.3) is 0 Å². The SMILES string of the molecule is Cc1cc(CNc2ccc(OC(C)C)cc2)cc(C)c1O. The minimum absolute atomic E-state index is 0.187. The quantitative estimate of drug-likeness (QED) is 0.855. The lowest BCUT2D eigenvalue weighted by Gasteiger charge is -2.12. The third kappa shape index (κ3) is 4.15. The first-order chi connectivity index (χ1) is 9.95. The number of nitrogens with one attached hydrogen (secondary N) is 1. The van der Waals surface area contributed by atoms with Gasteiger partial charge in [-0.1, -0.05) is 12.1 Å². The van der Waals surface area contributed by atoms with Gasteiger partial charge in [-0.15, -0.1) is 0 Å². The summed E-state index contributed by atoms with van der Waals surface area (Å²) in [5.74, 6) is 1.26. The molecule has 2 aromatic carbocycles. The summed E-state index contributed by atoms with van der Waals surface area (Å²) in [6.07, 6.45) is 0.187. The van der Waals surface area contributed by atoms with Crippen LogP contribution >= 0.6 is 0 Å². The van der Waals surface area contributed by atoms with Crippen LogP contribution in [-0.4, -0.2) is 11.2 Å². The summed E-state index contributed by atoms with van der Waals surface area (Å²) in [5.41, 5.74) is 4.03. The maximum Gasteiger partial charge on any atom is 0.121 e. The van der Waals surface area contributed by atoms with Crippen molar-refractivity contribution in [3.8, 4) is 11.5 Å². The van der Waals surface area contributed by atoms with Crippen molar-refractivity contribution in [3.63, 3.8) is 0 Å². The Kier molecular flexibility index (Phi) is 4.73. The molecule has 0 spiro atoms. The number of rotatable bonds is 5. The molecule has 2 aromatic rings. The lowest BCUT2D eigenvalue weighted by Crippen LogP contribution is -2.05. The zero-order chi connectivity index (χ0) is 15.4. The Bertz CT molecular complexity index is 580. The molecule has 0 fully saturated rings. The summed E-state index contributed by atoms with van der Waals surface area (Å²) in [7, 11) is 0. The number of phenols is 1. The van der Waals surface area contributed by atoms with Gasteiger partial charge in [0, 0.05) is 12.2 Å². The van der Waals surface area contributed by atoms with Gasteiger partial charge in [0.15, 0.2) is 0 Å². The molecule has 0 radical (unpaired) electrons. The Morgan fingerprint density at radius 3 is 2.14 bits per heavy atom. The molecule has 0 saturated heterocycles. The Labute approximate surface area is 126 Å². The number of phenolic OH excluding ortho intramolecular Hbond substituents is 1. The van der Waals surface area contributed by atoms with Crippen molar-refractivity contribution in [1.29, 1.82) is 0 Å².